The van der Waals surface area contributed by atoms with E-state index in [1.165, 1.54) is 0 Å². The number of aliphatic hydroxyl groups excluding tert-OH is 1. The predicted molar refractivity (Wildman–Crippen MR) is 126 cm³/mol. The third kappa shape index (κ3) is 5.93. The average Bonchev–Trinajstić information content (AvgIpc) is 2.72. The van der Waals surface area contributed by atoms with E-state index in [-0.39, 0.29) is 12.2 Å². The number of aromatic nitrogens is 1. The summed E-state index contributed by atoms with van der Waals surface area (Å²) in [5.41, 5.74) is 3.88. The molecule has 0 amide bonds. The summed E-state index contributed by atoms with van der Waals surface area (Å²) in [5, 5.41) is 9.83. The number of rotatable bonds is 7. The Hall–Kier alpha value is -3.16. The first-order valence-electron chi connectivity index (χ1n) is 9.78. The van der Waals surface area contributed by atoms with Crippen LogP contribution in [0.3, 0.4) is 0 Å². The molecule has 0 unspecified atom stereocenters. The molecule has 7 heteroatoms. The molecule has 0 bridgehead atoms. The van der Waals surface area contributed by atoms with Gasteiger partial charge in [0.05, 0.1) is 12.9 Å². The van der Waals surface area contributed by atoms with E-state index in [1.807, 2.05) is 56.3 Å². The molecule has 162 valence electrons. The molecule has 0 spiro atoms. The summed E-state index contributed by atoms with van der Waals surface area (Å²) in [7, 11) is -3.32. The van der Waals surface area contributed by atoms with Gasteiger partial charge in [-0.15, -0.1) is 0 Å². The summed E-state index contributed by atoms with van der Waals surface area (Å²) >= 11 is 0. The number of aliphatic hydroxyl groups is 1. The molecule has 0 saturated heterocycles. The molecular formula is C24H26N2O4S. The molecule has 6 nitrogen and oxygen atoms in total. The topological polar surface area (TPSA) is 99.3 Å². The fourth-order valence-electron chi connectivity index (χ4n) is 3.10. The number of pyridine rings is 1. The Morgan fingerprint density at radius 1 is 1.03 bits per heavy atom. The minimum atomic E-state index is -3.32. The van der Waals surface area contributed by atoms with Crippen LogP contribution in [0.15, 0.2) is 65.6 Å². The van der Waals surface area contributed by atoms with E-state index in [1.54, 1.807) is 30.5 Å². The third-order valence-electron chi connectivity index (χ3n) is 4.94. The van der Waals surface area contributed by atoms with Crippen molar-refractivity contribution < 1.29 is 13.5 Å². The SMILES string of the molecule is CC(C)(CO)c1cc(C=Cc2ccc(NS(C)(=O)=O)cc2)cc(-c2ccc[nH]c2=O)c1. The Balaban J connectivity index is 1.98. The molecule has 3 aromatic rings. The first-order chi connectivity index (χ1) is 14.6. The maximum Gasteiger partial charge on any atom is 0.255 e. The second-order valence-electron chi connectivity index (χ2n) is 8.13. The Morgan fingerprint density at radius 2 is 1.71 bits per heavy atom. The van der Waals surface area contributed by atoms with E-state index in [0.717, 1.165) is 28.5 Å². The van der Waals surface area contributed by atoms with Crippen molar-refractivity contribution in [2.45, 2.75) is 19.3 Å². The van der Waals surface area contributed by atoms with E-state index in [9.17, 15) is 18.3 Å². The Labute approximate surface area is 182 Å². The normalized spacial score (nSPS) is 12.3. The molecule has 0 saturated carbocycles. The number of nitrogens with one attached hydrogen (secondary N) is 2. The summed E-state index contributed by atoms with van der Waals surface area (Å²) in [6.07, 6.45) is 6.54. The lowest BCUT2D eigenvalue weighted by molar-refractivity contribution is 0.218. The van der Waals surface area contributed by atoms with Crippen LogP contribution >= 0.6 is 0 Å². The maximum atomic E-state index is 12.3. The van der Waals surface area contributed by atoms with Gasteiger partial charge in [0, 0.05) is 22.9 Å². The molecule has 2 aromatic carbocycles. The Morgan fingerprint density at radius 3 is 2.32 bits per heavy atom. The van der Waals surface area contributed by atoms with Crippen LogP contribution in [-0.4, -0.2) is 31.4 Å². The summed E-state index contributed by atoms with van der Waals surface area (Å²) in [6.45, 7) is 3.87. The molecule has 0 aliphatic rings. The van der Waals surface area contributed by atoms with Gasteiger partial charge >= 0.3 is 0 Å². The lowest BCUT2D eigenvalue weighted by Crippen LogP contribution is -2.22. The average molecular weight is 439 g/mol. The number of hydrogen-bond donors (Lipinski definition) is 3. The second kappa shape index (κ2) is 8.91. The lowest BCUT2D eigenvalue weighted by atomic mass is 9.83. The quantitative estimate of drug-likeness (QED) is 0.488. The molecule has 0 atom stereocenters. The largest absolute Gasteiger partial charge is 0.395 e. The minimum Gasteiger partial charge on any atom is -0.395 e. The zero-order valence-electron chi connectivity index (χ0n) is 17.7. The van der Waals surface area contributed by atoms with E-state index in [4.69, 9.17) is 0 Å². The second-order valence-corrected chi connectivity index (χ2v) is 9.88. The summed E-state index contributed by atoms with van der Waals surface area (Å²) in [4.78, 5) is 15.0. The summed E-state index contributed by atoms with van der Waals surface area (Å²) in [5.74, 6) is 0. The van der Waals surface area contributed by atoms with Crippen LogP contribution in [0.25, 0.3) is 23.3 Å². The molecule has 0 radical (unpaired) electrons. The molecule has 31 heavy (non-hydrogen) atoms. The van der Waals surface area contributed by atoms with Crippen LogP contribution in [0.4, 0.5) is 5.69 Å². The van der Waals surface area contributed by atoms with Gasteiger partial charge in [-0.3, -0.25) is 9.52 Å². The van der Waals surface area contributed by atoms with Crippen LogP contribution in [0, 0.1) is 0 Å². The van der Waals surface area contributed by atoms with Crippen LogP contribution in [0.2, 0.25) is 0 Å². The van der Waals surface area contributed by atoms with Gasteiger partial charge in [0.2, 0.25) is 10.0 Å². The molecular weight excluding hydrogens is 412 g/mol. The van der Waals surface area contributed by atoms with Crippen molar-refractivity contribution in [1.82, 2.24) is 4.98 Å². The van der Waals surface area contributed by atoms with Crippen molar-refractivity contribution in [3.63, 3.8) is 0 Å². The monoisotopic (exact) mass is 438 g/mol. The minimum absolute atomic E-state index is 0.0282. The van der Waals surface area contributed by atoms with Gasteiger partial charge < -0.3 is 10.1 Å². The molecule has 3 rings (SSSR count). The highest BCUT2D eigenvalue weighted by molar-refractivity contribution is 7.92. The van der Waals surface area contributed by atoms with Gasteiger partial charge in [0.15, 0.2) is 0 Å². The summed E-state index contributed by atoms with van der Waals surface area (Å²) in [6, 6.07) is 16.4. The first kappa shape index (κ1) is 22.5. The van der Waals surface area contributed by atoms with E-state index >= 15 is 0 Å². The fourth-order valence-corrected chi connectivity index (χ4v) is 3.67. The third-order valence-corrected chi connectivity index (χ3v) is 5.55. The van der Waals surface area contributed by atoms with Crippen LogP contribution in [0.5, 0.6) is 0 Å². The molecule has 0 aliphatic carbocycles. The lowest BCUT2D eigenvalue weighted by Gasteiger charge is -2.23. The van der Waals surface area contributed by atoms with E-state index in [0.29, 0.717) is 11.3 Å². The molecule has 0 aliphatic heterocycles. The van der Waals surface area contributed by atoms with Gasteiger partial charge in [-0.1, -0.05) is 50.3 Å². The summed E-state index contributed by atoms with van der Waals surface area (Å²) < 4.78 is 25.1. The Kier molecular flexibility index (Phi) is 6.48. The highest BCUT2D eigenvalue weighted by Crippen LogP contribution is 2.29. The number of benzene rings is 2. The predicted octanol–water partition coefficient (Wildman–Crippen LogP) is 3.85. The van der Waals surface area contributed by atoms with Crippen molar-refractivity contribution in [2.24, 2.45) is 0 Å². The first-order valence-corrected chi connectivity index (χ1v) is 11.7. The van der Waals surface area contributed by atoms with E-state index in [2.05, 4.69) is 9.71 Å². The van der Waals surface area contributed by atoms with Gasteiger partial charge in [-0.05, 0) is 52.6 Å². The highest BCUT2D eigenvalue weighted by atomic mass is 32.2. The molecule has 1 heterocycles. The van der Waals surface area contributed by atoms with Gasteiger partial charge in [0.25, 0.3) is 5.56 Å². The fraction of sp³-hybridized carbons (Fsp3) is 0.208. The number of sulfonamides is 1. The number of H-pyrrole nitrogens is 1. The van der Waals surface area contributed by atoms with Gasteiger partial charge in [0.1, 0.15) is 0 Å². The van der Waals surface area contributed by atoms with Crippen molar-refractivity contribution >= 4 is 27.9 Å². The smallest absolute Gasteiger partial charge is 0.255 e. The standard InChI is InChI=1S/C24H26N2O4S/c1-24(2,16-27)20-14-18(13-19(15-20)22-5-4-12-25-23(22)28)7-6-17-8-10-21(11-9-17)26-31(3,29)30/h4-15,26-27H,16H2,1-3H3,(H,25,28). The van der Waals surface area contributed by atoms with Crippen LogP contribution in [0.1, 0.15) is 30.5 Å². The van der Waals surface area contributed by atoms with Crippen LogP contribution < -0.4 is 10.3 Å². The van der Waals surface area contributed by atoms with Gasteiger partial charge in [-0.2, -0.15) is 0 Å². The van der Waals surface area contributed by atoms with Crippen LogP contribution in [-0.2, 0) is 15.4 Å². The highest BCUT2D eigenvalue weighted by Gasteiger charge is 2.21. The molecule has 1 aromatic heterocycles. The molecule has 0 fully saturated rings. The van der Waals surface area contributed by atoms with Crippen molar-refractivity contribution in [2.75, 3.05) is 17.6 Å². The van der Waals surface area contributed by atoms with Crippen molar-refractivity contribution in [3.05, 3.63) is 87.8 Å². The maximum absolute atomic E-state index is 12.3. The zero-order chi connectivity index (χ0) is 22.6. The number of aromatic amines is 1. The van der Waals surface area contributed by atoms with Crippen molar-refractivity contribution in [3.8, 4) is 11.1 Å². The van der Waals surface area contributed by atoms with Crippen molar-refractivity contribution in [1.29, 1.82) is 0 Å². The Bertz CT molecular complexity index is 1260. The van der Waals surface area contributed by atoms with Gasteiger partial charge in [-0.25, -0.2) is 8.42 Å². The molecule has 3 N–H and O–H groups in total. The number of hydrogen-bond acceptors (Lipinski definition) is 4. The van der Waals surface area contributed by atoms with E-state index < -0.39 is 15.4 Å². The zero-order valence-corrected chi connectivity index (χ0v) is 18.5. The number of anilines is 1.